The summed E-state index contributed by atoms with van der Waals surface area (Å²) in [5.74, 6) is 0. The SMILES string of the molecule is CCCNC(CC1(OC)CCC1)c1cnnn1C. The van der Waals surface area contributed by atoms with Crippen molar-refractivity contribution < 1.29 is 4.74 Å². The Morgan fingerprint density at radius 3 is 2.78 bits per heavy atom. The number of hydrogen-bond donors (Lipinski definition) is 1. The summed E-state index contributed by atoms with van der Waals surface area (Å²) in [7, 11) is 3.78. The standard InChI is InChI=1S/C13H24N4O/c1-4-8-14-11(12-10-15-16-17(12)2)9-13(18-3)6-5-7-13/h10-11,14H,4-9H2,1-3H3. The maximum atomic E-state index is 5.73. The Kier molecular flexibility index (Phi) is 4.35. The number of methoxy groups -OCH3 is 1. The van der Waals surface area contributed by atoms with Crippen LogP contribution in [-0.4, -0.2) is 34.2 Å². The molecule has 18 heavy (non-hydrogen) atoms. The molecular formula is C13H24N4O. The van der Waals surface area contributed by atoms with Gasteiger partial charge in [0.1, 0.15) is 0 Å². The Morgan fingerprint density at radius 1 is 1.56 bits per heavy atom. The second kappa shape index (κ2) is 5.80. The predicted molar refractivity (Wildman–Crippen MR) is 70.2 cm³/mol. The summed E-state index contributed by atoms with van der Waals surface area (Å²) in [6.45, 7) is 3.19. The summed E-state index contributed by atoms with van der Waals surface area (Å²) < 4.78 is 7.59. The molecule has 0 aromatic carbocycles. The third-order valence-corrected chi connectivity index (χ3v) is 4.02. The van der Waals surface area contributed by atoms with E-state index in [4.69, 9.17) is 4.74 Å². The van der Waals surface area contributed by atoms with Gasteiger partial charge in [-0.1, -0.05) is 12.1 Å². The maximum absolute atomic E-state index is 5.73. The highest BCUT2D eigenvalue weighted by molar-refractivity contribution is 5.06. The van der Waals surface area contributed by atoms with Gasteiger partial charge < -0.3 is 10.1 Å². The van der Waals surface area contributed by atoms with E-state index >= 15 is 0 Å². The van der Waals surface area contributed by atoms with Crippen molar-refractivity contribution >= 4 is 0 Å². The van der Waals surface area contributed by atoms with Crippen LogP contribution >= 0.6 is 0 Å². The molecular weight excluding hydrogens is 228 g/mol. The van der Waals surface area contributed by atoms with Crippen LogP contribution in [0.5, 0.6) is 0 Å². The van der Waals surface area contributed by atoms with Crippen molar-refractivity contribution in [2.24, 2.45) is 7.05 Å². The van der Waals surface area contributed by atoms with Gasteiger partial charge >= 0.3 is 0 Å². The van der Waals surface area contributed by atoms with Crippen molar-refractivity contribution in [3.05, 3.63) is 11.9 Å². The quantitative estimate of drug-likeness (QED) is 0.804. The number of rotatable bonds is 7. The monoisotopic (exact) mass is 252 g/mol. The number of hydrogen-bond acceptors (Lipinski definition) is 4. The van der Waals surface area contributed by atoms with Gasteiger partial charge in [0, 0.05) is 14.2 Å². The molecule has 0 amide bonds. The minimum absolute atomic E-state index is 0.0652. The molecule has 0 spiro atoms. The van der Waals surface area contributed by atoms with Gasteiger partial charge in [0.05, 0.1) is 23.5 Å². The molecule has 1 saturated carbocycles. The average molecular weight is 252 g/mol. The summed E-state index contributed by atoms with van der Waals surface area (Å²) in [5, 5.41) is 11.6. The van der Waals surface area contributed by atoms with E-state index in [9.17, 15) is 0 Å². The highest BCUT2D eigenvalue weighted by Crippen LogP contribution is 2.41. The van der Waals surface area contributed by atoms with Crippen LogP contribution in [-0.2, 0) is 11.8 Å². The van der Waals surface area contributed by atoms with Crippen LogP contribution in [0.25, 0.3) is 0 Å². The summed E-state index contributed by atoms with van der Waals surface area (Å²) >= 11 is 0. The summed E-state index contributed by atoms with van der Waals surface area (Å²) in [6.07, 6.45) is 7.60. The van der Waals surface area contributed by atoms with Gasteiger partial charge in [0.2, 0.25) is 0 Å². The van der Waals surface area contributed by atoms with E-state index in [0.29, 0.717) is 0 Å². The normalized spacial score (nSPS) is 19.5. The predicted octanol–water partition coefficient (Wildman–Crippen LogP) is 1.81. The van der Waals surface area contributed by atoms with Crippen molar-refractivity contribution in [2.75, 3.05) is 13.7 Å². The second-order valence-corrected chi connectivity index (χ2v) is 5.23. The van der Waals surface area contributed by atoms with Crippen molar-refractivity contribution in [2.45, 2.75) is 50.7 Å². The molecule has 1 unspecified atom stereocenters. The van der Waals surface area contributed by atoms with Crippen LogP contribution < -0.4 is 5.32 Å². The molecule has 1 N–H and O–H groups in total. The zero-order chi connectivity index (χ0) is 13.0. The smallest absolute Gasteiger partial charge is 0.0754 e. The third kappa shape index (κ3) is 2.72. The molecule has 1 aromatic rings. The molecule has 1 aromatic heterocycles. The Labute approximate surface area is 109 Å². The minimum Gasteiger partial charge on any atom is -0.378 e. The molecule has 1 atom stereocenters. The van der Waals surface area contributed by atoms with Gasteiger partial charge in [0.15, 0.2) is 0 Å². The van der Waals surface area contributed by atoms with E-state index in [1.54, 1.807) is 0 Å². The van der Waals surface area contributed by atoms with Crippen LogP contribution in [0.1, 0.15) is 50.8 Å². The molecule has 5 heteroatoms. The van der Waals surface area contributed by atoms with E-state index < -0.39 is 0 Å². The summed E-state index contributed by atoms with van der Waals surface area (Å²) in [6, 6.07) is 0.283. The Bertz CT molecular complexity index is 367. The average Bonchev–Trinajstić information content (AvgIpc) is 2.74. The lowest BCUT2D eigenvalue weighted by atomic mass is 9.75. The lowest BCUT2D eigenvalue weighted by Crippen LogP contribution is -2.43. The van der Waals surface area contributed by atoms with Gasteiger partial charge in [-0.25, -0.2) is 0 Å². The highest BCUT2D eigenvalue weighted by atomic mass is 16.5. The van der Waals surface area contributed by atoms with Crippen molar-refractivity contribution in [3.63, 3.8) is 0 Å². The summed E-state index contributed by atoms with van der Waals surface area (Å²) in [5.41, 5.74) is 1.21. The van der Waals surface area contributed by atoms with Crippen LogP contribution in [0.15, 0.2) is 6.20 Å². The van der Waals surface area contributed by atoms with Gasteiger partial charge in [0.25, 0.3) is 0 Å². The van der Waals surface area contributed by atoms with Gasteiger partial charge in [-0.15, -0.1) is 5.10 Å². The van der Waals surface area contributed by atoms with Crippen LogP contribution in [0, 0.1) is 0 Å². The van der Waals surface area contributed by atoms with Crippen LogP contribution in [0.4, 0.5) is 0 Å². The van der Waals surface area contributed by atoms with Crippen molar-refractivity contribution in [1.29, 1.82) is 0 Å². The molecule has 102 valence electrons. The molecule has 1 heterocycles. The van der Waals surface area contributed by atoms with Crippen LogP contribution in [0.2, 0.25) is 0 Å². The fraction of sp³-hybridized carbons (Fsp3) is 0.846. The first-order valence-electron chi connectivity index (χ1n) is 6.84. The molecule has 1 aliphatic carbocycles. The minimum atomic E-state index is 0.0652. The second-order valence-electron chi connectivity index (χ2n) is 5.23. The zero-order valence-electron chi connectivity index (χ0n) is 11.6. The Hall–Kier alpha value is -0.940. The largest absolute Gasteiger partial charge is 0.378 e. The van der Waals surface area contributed by atoms with Crippen molar-refractivity contribution in [3.8, 4) is 0 Å². The molecule has 1 fully saturated rings. The third-order valence-electron chi connectivity index (χ3n) is 4.02. The Morgan fingerprint density at radius 2 is 2.33 bits per heavy atom. The number of nitrogens with zero attached hydrogens (tertiary/aromatic N) is 3. The fourth-order valence-electron chi connectivity index (χ4n) is 2.65. The van der Waals surface area contributed by atoms with Gasteiger partial charge in [-0.2, -0.15) is 0 Å². The molecule has 1 aliphatic rings. The number of ether oxygens (including phenoxy) is 1. The fourth-order valence-corrected chi connectivity index (χ4v) is 2.65. The molecule has 0 saturated heterocycles. The van der Waals surface area contributed by atoms with Crippen molar-refractivity contribution in [1.82, 2.24) is 20.3 Å². The molecule has 0 bridgehead atoms. The van der Waals surface area contributed by atoms with E-state index in [1.165, 1.54) is 19.3 Å². The summed E-state index contributed by atoms with van der Waals surface area (Å²) in [4.78, 5) is 0. The molecule has 0 radical (unpaired) electrons. The van der Waals surface area contributed by atoms with E-state index in [-0.39, 0.29) is 11.6 Å². The molecule has 0 aliphatic heterocycles. The first-order valence-corrected chi connectivity index (χ1v) is 6.84. The highest BCUT2D eigenvalue weighted by Gasteiger charge is 2.39. The topological polar surface area (TPSA) is 52.0 Å². The Balaban J connectivity index is 2.08. The lowest BCUT2D eigenvalue weighted by Gasteiger charge is -2.42. The van der Waals surface area contributed by atoms with Crippen LogP contribution in [0.3, 0.4) is 0 Å². The number of aryl methyl sites for hydroxylation is 1. The van der Waals surface area contributed by atoms with E-state index in [1.807, 2.05) is 25.0 Å². The molecule has 5 nitrogen and oxygen atoms in total. The first-order chi connectivity index (χ1) is 8.71. The number of aromatic nitrogens is 3. The molecule has 2 rings (SSSR count). The first kappa shape index (κ1) is 13.5. The van der Waals surface area contributed by atoms with E-state index in [2.05, 4.69) is 22.6 Å². The zero-order valence-corrected chi connectivity index (χ0v) is 11.6. The van der Waals surface area contributed by atoms with Gasteiger partial charge in [-0.05, 0) is 38.6 Å². The lowest BCUT2D eigenvalue weighted by molar-refractivity contribution is -0.0842. The number of nitrogens with one attached hydrogen (secondary N) is 1. The maximum Gasteiger partial charge on any atom is 0.0754 e. The van der Waals surface area contributed by atoms with E-state index in [0.717, 1.165) is 25.1 Å². The van der Waals surface area contributed by atoms with Gasteiger partial charge in [-0.3, -0.25) is 4.68 Å².